The minimum atomic E-state index is -0.381. The molecule has 2 aliphatic rings. The maximum absolute atomic E-state index is 11.8. The van der Waals surface area contributed by atoms with Gasteiger partial charge in [-0.15, -0.1) is 0 Å². The molecule has 0 spiro atoms. The molecule has 0 radical (unpaired) electrons. The van der Waals surface area contributed by atoms with Crippen LogP contribution < -0.4 is 0 Å². The van der Waals surface area contributed by atoms with Crippen LogP contribution in [0.15, 0.2) is 30.3 Å². The third-order valence-corrected chi connectivity index (χ3v) is 4.21. The molecule has 18 heavy (non-hydrogen) atoms. The molecule has 3 rings (SSSR count). The molecule has 1 aliphatic carbocycles. The van der Waals surface area contributed by atoms with E-state index in [1.165, 1.54) is 0 Å². The zero-order chi connectivity index (χ0) is 12.7. The second-order valence-electron chi connectivity index (χ2n) is 5.20. The first-order valence-electron chi connectivity index (χ1n) is 6.34. The van der Waals surface area contributed by atoms with Gasteiger partial charge in [0.1, 0.15) is 6.61 Å². The average molecular weight is 247 g/mol. The van der Waals surface area contributed by atoms with Crippen molar-refractivity contribution in [2.45, 2.75) is 25.7 Å². The maximum Gasteiger partial charge on any atom is 0.410 e. The molecule has 1 saturated carbocycles. The third kappa shape index (κ3) is 1.68. The minimum absolute atomic E-state index is 0.0109. The highest BCUT2D eigenvalue weighted by atomic mass is 16.6. The fourth-order valence-electron chi connectivity index (χ4n) is 2.88. The topological polar surface area (TPSA) is 49.8 Å². The number of amides is 1. The van der Waals surface area contributed by atoms with Gasteiger partial charge in [0.25, 0.3) is 0 Å². The van der Waals surface area contributed by atoms with Gasteiger partial charge in [0, 0.05) is 12.5 Å². The zero-order valence-electron chi connectivity index (χ0n) is 10.3. The number of aliphatic hydroxyl groups excluding tert-OH is 1. The molecule has 96 valence electrons. The third-order valence-electron chi connectivity index (χ3n) is 4.21. The molecule has 0 aromatic heterocycles. The van der Waals surface area contributed by atoms with Gasteiger partial charge in [-0.2, -0.15) is 0 Å². The lowest BCUT2D eigenvalue weighted by Crippen LogP contribution is -2.75. The van der Waals surface area contributed by atoms with Crippen LogP contribution in [0.2, 0.25) is 0 Å². The molecule has 1 aromatic rings. The van der Waals surface area contributed by atoms with Gasteiger partial charge >= 0.3 is 6.09 Å². The Morgan fingerprint density at radius 3 is 2.83 bits per heavy atom. The fourth-order valence-corrected chi connectivity index (χ4v) is 2.88. The summed E-state index contributed by atoms with van der Waals surface area (Å²) >= 11 is 0. The van der Waals surface area contributed by atoms with E-state index in [0.717, 1.165) is 12.1 Å². The molecule has 4 atom stereocenters. The van der Waals surface area contributed by atoms with Crippen LogP contribution >= 0.6 is 0 Å². The van der Waals surface area contributed by atoms with Gasteiger partial charge in [-0.1, -0.05) is 37.3 Å². The number of likely N-dealkylation sites (tertiary alicyclic amines) is 1. The Hall–Kier alpha value is -1.55. The molecule has 4 heteroatoms. The molecular formula is C14H17NO3. The van der Waals surface area contributed by atoms with Crippen LogP contribution in [0.3, 0.4) is 0 Å². The first-order chi connectivity index (χ1) is 8.68. The molecule has 2 fully saturated rings. The number of ether oxygens (including phenoxy) is 1. The highest BCUT2D eigenvalue weighted by Crippen LogP contribution is 2.46. The van der Waals surface area contributed by atoms with E-state index in [2.05, 4.69) is 0 Å². The van der Waals surface area contributed by atoms with Crippen molar-refractivity contribution in [2.75, 3.05) is 6.54 Å². The zero-order valence-corrected chi connectivity index (χ0v) is 10.3. The summed E-state index contributed by atoms with van der Waals surface area (Å²) in [5.41, 5.74) is 0.977. The largest absolute Gasteiger partial charge is 0.445 e. The van der Waals surface area contributed by atoms with Crippen LogP contribution in [0.25, 0.3) is 0 Å². The van der Waals surface area contributed by atoms with E-state index >= 15 is 0 Å². The van der Waals surface area contributed by atoms with Crippen LogP contribution in [0.1, 0.15) is 12.5 Å². The first-order valence-corrected chi connectivity index (χ1v) is 6.34. The molecular weight excluding hydrogens is 230 g/mol. The minimum Gasteiger partial charge on any atom is -0.445 e. The summed E-state index contributed by atoms with van der Waals surface area (Å²) in [4.78, 5) is 13.5. The average Bonchev–Trinajstić information content (AvgIpc) is 2.36. The molecule has 1 N–H and O–H groups in total. The van der Waals surface area contributed by atoms with E-state index in [-0.39, 0.29) is 18.2 Å². The fraction of sp³-hybridized carbons (Fsp3) is 0.500. The monoisotopic (exact) mass is 247 g/mol. The molecule has 0 bridgehead atoms. The van der Waals surface area contributed by atoms with Gasteiger partial charge in [-0.3, -0.25) is 0 Å². The first kappa shape index (κ1) is 11.5. The smallest absolute Gasteiger partial charge is 0.410 e. The SMILES string of the molecule is C[C@@H]1[C@@H](O)[C@H]2[C@@H]1CN2C(=O)OCc1ccccc1. The number of hydrogen-bond acceptors (Lipinski definition) is 3. The highest BCUT2D eigenvalue weighted by Gasteiger charge is 2.59. The van der Waals surface area contributed by atoms with Gasteiger partial charge in [0.2, 0.25) is 0 Å². The number of benzene rings is 1. The van der Waals surface area contributed by atoms with E-state index < -0.39 is 0 Å². The summed E-state index contributed by atoms with van der Waals surface area (Å²) in [7, 11) is 0. The Bertz CT molecular complexity index is 442. The molecule has 1 heterocycles. The van der Waals surface area contributed by atoms with Crippen molar-refractivity contribution in [1.82, 2.24) is 4.90 Å². The number of carbonyl (C=O) groups is 1. The van der Waals surface area contributed by atoms with E-state index in [1.54, 1.807) is 4.90 Å². The van der Waals surface area contributed by atoms with Gasteiger partial charge in [0.15, 0.2) is 0 Å². The number of nitrogens with zero attached hydrogens (tertiary/aromatic N) is 1. The number of rotatable bonds is 2. The summed E-state index contributed by atoms with van der Waals surface area (Å²) in [5.74, 6) is 0.775. The van der Waals surface area contributed by atoms with Crippen molar-refractivity contribution in [3.8, 4) is 0 Å². The summed E-state index contributed by atoms with van der Waals surface area (Å²) in [6, 6.07) is 9.60. The summed E-state index contributed by atoms with van der Waals surface area (Å²) in [6.07, 6.45) is -0.695. The van der Waals surface area contributed by atoms with E-state index in [0.29, 0.717) is 18.4 Å². The van der Waals surface area contributed by atoms with E-state index in [4.69, 9.17) is 4.74 Å². The van der Waals surface area contributed by atoms with Crippen LogP contribution in [0.5, 0.6) is 0 Å². The lowest BCUT2D eigenvalue weighted by atomic mass is 9.61. The Labute approximate surface area is 106 Å². The quantitative estimate of drug-likeness (QED) is 0.864. The number of hydrogen-bond donors (Lipinski definition) is 1. The van der Waals surface area contributed by atoms with Gasteiger partial charge < -0.3 is 14.7 Å². The van der Waals surface area contributed by atoms with E-state index in [9.17, 15) is 9.90 Å². The lowest BCUT2D eigenvalue weighted by molar-refractivity contribution is -0.181. The van der Waals surface area contributed by atoms with Crippen molar-refractivity contribution in [3.63, 3.8) is 0 Å². The van der Waals surface area contributed by atoms with Crippen LogP contribution in [-0.4, -0.2) is 34.8 Å². The molecule has 1 saturated heterocycles. The second-order valence-corrected chi connectivity index (χ2v) is 5.20. The standard InChI is InChI=1S/C14H17NO3/c1-9-11-7-15(12(11)13(9)16)14(17)18-8-10-5-3-2-4-6-10/h2-6,9,11-13,16H,7-8H2,1H3/t9-,11+,12+,13+/m0/s1. The summed E-state index contributed by atoms with van der Waals surface area (Å²) in [5, 5.41) is 9.76. The second kappa shape index (κ2) is 4.28. The maximum atomic E-state index is 11.8. The van der Waals surface area contributed by atoms with Crippen molar-refractivity contribution in [3.05, 3.63) is 35.9 Å². The van der Waals surface area contributed by atoms with Crippen molar-refractivity contribution in [2.24, 2.45) is 11.8 Å². The Balaban J connectivity index is 1.52. The normalized spacial score (nSPS) is 33.1. The number of aliphatic hydroxyl groups is 1. The highest BCUT2D eigenvalue weighted by molar-refractivity contribution is 5.70. The predicted molar refractivity (Wildman–Crippen MR) is 65.8 cm³/mol. The van der Waals surface area contributed by atoms with Crippen molar-refractivity contribution in [1.29, 1.82) is 0 Å². The summed E-state index contributed by atoms with van der Waals surface area (Å²) in [6.45, 7) is 3.04. The number of fused-ring (bicyclic) bond motifs is 1. The van der Waals surface area contributed by atoms with Crippen molar-refractivity contribution >= 4 is 6.09 Å². The Morgan fingerprint density at radius 2 is 2.17 bits per heavy atom. The van der Waals surface area contributed by atoms with Crippen LogP contribution in [-0.2, 0) is 11.3 Å². The Kier molecular flexibility index (Phi) is 2.74. The summed E-state index contributed by atoms with van der Waals surface area (Å²) < 4.78 is 5.24. The number of piperidine rings is 1. The van der Waals surface area contributed by atoms with Crippen molar-refractivity contribution < 1.29 is 14.6 Å². The van der Waals surface area contributed by atoms with Crippen LogP contribution in [0, 0.1) is 11.8 Å². The van der Waals surface area contributed by atoms with E-state index in [1.807, 2.05) is 37.3 Å². The van der Waals surface area contributed by atoms with Gasteiger partial charge in [0.05, 0.1) is 12.1 Å². The van der Waals surface area contributed by atoms with Gasteiger partial charge in [-0.25, -0.2) is 4.79 Å². The van der Waals surface area contributed by atoms with Gasteiger partial charge in [-0.05, 0) is 11.5 Å². The molecule has 4 nitrogen and oxygen atoms in total. The Morgan fingerprint density at radius 1 is 1.44 bits per heavy atom. The molecule has 1 aliphatic heterocycles. The molecule has 1 aromatic carbocycles. The van der Waals surface area contributed by atoms with Crippen LogP contribution in [0.4, 0.5) is 4.79 Å². The lowest BCUT2D eigenvalue weighted by Gasteiger charge is -2.61. The number of carbonyl (C=O) groups excluding carboxylic acids is 1. The predicted octanol–water partition coefficient (Wildman–Crippen LogP) is 1.63. The molecule has 1 amide bonds. The molecule has 0 unspecified atom stereocenters.